The van der Waals surface area contributed by atoms with Gasteiger partial charge in [-0.25, -0.2) is 12.8 Å². The van der Waals surface area contributed by atoms with E-state index < -0.39 is 32.2 Å². The molecule has 0 radical (unpaired) electrons. The number of hydrogen-bond donors (Lipinski definition) is 2. The van der Waals surface area contributed by atoms with Crippen molar-refractivity contribution < 1.29 is 17.6 Å². The summed E-state index contributed by atoms with van der Waals surface area (Å²) in [5.74, 6) is -1.57. The van der Waals surface area contributed by atoms with Crippen molar-refractivity contribution in [2.24, 2.45) is 5.73 Å². The van der Waals surface area contributed by atoms with E-state index in [2.05, 4.69) is 4.72 Å². The molecule has 1 aliphatic rings. The molecular formula is C12H15FN2O3S. The Morgan fingerprint density at radius 3 is 2.37 bits per heavy atom. The highest BCUT2D eigenvalue weighted by Crippen LogP contribution is 2.31. The minimum atomic E-state index is -4.10. The van der Waals surface area contributed by atoms with Crippen LogP contribution < -0.4 is 10.5 Å². The number of nitrogens with one attached hydrogen (secondary N) is 1. The van der Waals surface area contributed by atoms with Crippen LogP contribution >= 0.6 is 0 Å². The average Bonchev–Trinajstić information content (AvgIpc) is 2.78. The van der Waals surface area contributed by atoms with E-state index in [4.69, 9.17) is 5.73 Å². The smallest absolute Gasteiger partial charge is 0.244 e. The number of primary amides is 1. The van der Waals surface area contributed by atoms with Gasteiger partial charge in [0.15, 0.2) is 0 Å². The van der Waals surface area contributed by atoms with Crippen LogP contribution in [0.25, 0.3) is 0 Å². The summed E-state index contributed by atoms with van der Waals surface area (Å²) in [7, 11) is -4.10. The second-order valence-electron chi connectivity index (χ2n) is 4.69. The number of nitrogens with two attached hydrogens (primary N) is 1. The molecule has 0 unspecified atom stereocenters. The van der Waals surface area contributed by atoms with Crippen molar-refractivity contribution in [3.8, 4) is 0 Å². The SMILES string of the molecule is NC(=O)C1(NS(=O)(=O)c2ccccc2F)CCCC1. The van der Waals surface area contributed by atoms with Crippen LogP contribution in [0.4, 0.5) is 4.39 Å². The first-order chi connectivity index (χ1) is 8.87. The number of benzene rings is 1. The van der Waals surface area contributed by atoms with Crippen LogP contribution in [0.1, 0.15) is 25.7 Å². The first kappa shape index (κ1) is 14.0. The molecule has 0 saturated heterocycles. The Bertz CT molecular complexity index is 595. The molecule has 0 aliphatic heterocycles. The lowest BCUT2D eigenvalue weighted by molar-refractivity contribution is -0.123. The molecule has 104 valence electrons. The van der Waals surface area contributed by atoms with Gasteiger partial charge >= 0.3 is 0 Å². The monoisotopic (exact) mass is 286 g/mol. The van der Waals surface area contributed by atoms with Crippen LogP contribution in [0.2, 0.25) is 0 Å². The Morgan fingerprint density at radius 2 is 1.84 bits per heavy atom. The molecule has 0 bridgehead atoms. The summed E-state index contributed by atoms with van der Waals surface area (Å²) >= 11 is 0. The lowest BCUT2D eigenvalue weighted by Gasteiger charge is -2.26. The number of carbonyl (C=O) groups is 1. The summed E-state index contributed by atoms with van der Waals surface area (Å²) in [6.07, 6.45) is 2.11. The highest BCUT2D eigenvalue weighted by atomic mass is 32.2. The van der Waals surface area contributed by atoms with Crippen LogP contribution in [0.5, 0.6) is 0 Å². The van der Waals surface area contributed by atoms with E-state index in [9.17, 15) is 17.6 Å². The Balaban J connectivity index is 2.36. The average molecular weight is 286 g/mol. The molecule has 1 aromatic carbocycles. The van der Waals surface area contributed by atoms with Crippen molar-refractivity contribution in [2.45, 2.75) is 36.1 Å². The first-order valence-electron chi connectivity index (χ1n) is 5.96. The van der Waals surface area contributed by atoms with E-state index in [0.717, 1.165) is 12.1 Å². The minimum absolute atomic E-state index is 0.343. The molecule has 1 fully saturated rings. The minimum Gasteiger partial charge on any atom is -0.368 e. The molecule has 5 nitrogen and oxygen atoms in total. The van der Waals surface area contributed by atoms with Crippen LogP contribution in [-0.2, 0) is 14.8 Å². The van der Waals surface area contributed by atoms with Gasteiger partial charge in [-0.05, 0) is 25.0 Å². The quantitative estimate of drug-likeness (QED) is 0.862. The molecule has 1 saturated carbocycles. The Labute approximate surface area is 111 Å². The summed E-state index contributed by atoms with van der Waals surface area (Å²) in [6.45, 7) is 0. The van der Waals surface area contributed by atoms with Crippen molar-refractivity contribution in [3.05, 3.63) is 30.1 Å². The number of amides is 1. The van der Waals surface area contributed by atoms with Gasteiger partial charge in [0.25, 0.3) is 0 Å². The fourth-order valence-corrected chi connectivity index (χ4v) is 3.86. The van der Waals surface area contributed by atoms with E-state index in [-0.39, 0.29) is 0 Å². The molecule has 0 aromatic heterocycles. The zero-order valence-electron chi connectivity index (χ0n) is 10.2. The molecule has 1 amide bonds. The van der Waals surface area contributed by atoms with Gasteiger partial charge in [-0.3, -0.25) is 4.79 Å². The fraction of sp³-hybridized carbons (Fsp3) is 0.417. The number of sulfonamides is 1. The predicted molar refractivity (Wildman–Crippen MR) is 67.1 cm³/mol. The Kier molecular flexibility index (Phi) is 3.60. The molecular weight excluding hydrogens is 271 g/mol. The molecule has 19 heavy (non-hydrogen) atoms. The summed E-state index contributed by atoms with van der Waals surface area (Å²) in [5, 5.41) is 0. The number of halogens is 1. The highest BCUT2D eigenvalue weighted by molar-refractivity contribution is 7.89. The fourth-order valence-electron chi connectivity index (χ4n) is 2.35. The maximum atomic E-state index is 13.5. The third-order valence-corrected chi connectivity index (χ3v) is 4.95. The Hall–Kier alpha value is -1.47. The van der Waals surface area contributed by atoms with Gasteiger partial charge in [0.1, 0.15) is 16.3 Å². The molecule has 0 atom stereocenters. The van der Waals surface area contributed by atoms with Crippen molar-refractivity contribution in [2.75, 3.05) is 0 Å². The molecule has 1 aliphatic carbocycles. The van der Waals surface area contributed by atoms with Crippen molar-refractivity contribution >= 4 is 15.9 Å². The van der Waals surface area contributed by atoms with Crippen LogP contribution in [0.15, 0.2) is 29.2 Å². The number of rotatable bonds is 4. The van der Waals surface area contributed by atoms with Crippen LogP contribution in [0.3, 0.4) is 0 Å². The Morgan fingerprint density at radius 1 is 1.26 bits per heavy atom. The lowest BCUT2D eigenvalue weighted by Crippen LogP contribution is -2.55. The van der Waals surface area contributed by atoms with Gasteiger partial charge in [-0.15, -0.1) is 0 Å². The molecule has 3 N–H and O–H groups in total. The summed E-state index contributed by atoms with van der Waals surface area (Å²) in [4.78, 5) is 11.0. The molecule has 0 spiro atoms. The van der Waals surface area contributed by atoms with E-state index in [1.165, 1.54) is 12.1 Å². The molecule has 0 heterocycles. The summed E-state index contributed by atoms with van der Waals surface area (Å²) < 4.78 is 40.2. The second kappa shape index (κ2) is 4.90. The van der Waals surface area contributed by atoms with Gasteiger partial charge in [0.05, 0.1) is 0 Å². The number of hydrogen-bond acceptors (Lipinski definition) is 3. The maximum absolute atomic E-state index is 13.5. The third kappa shape index (κ3) is 2.62. The van der Waals surface area contributed by atoms with Crippen molar-refractivity contribution in [3.63, 3.8) is 0 Å². The van der Waals surface area contributed by atoms with Crippen molar-refractivity contribution in [1.82, 2.24) is 4.72 Å². The summed E-state index contributed by atoms with van der Waals surface area (Å²) in [5.41, 5.74) is 4.01. The lowest BCUT2D eigenvalue weighted by atomic mass is 9.99. The topological polar surface area (TPSA) is 89.3 Å². The van der Waals surface area contributed by atoms with Crippen molar-refractivity contribution in [1.29, 1.82) is 0 Å². The third-order valence-electron chi connectivity index (χ3n) is 3.38. The zero-order valence-corrected chi connectivity index (χ0v) is 11.0. The second-order valence-corrected chi connectivity index (χ2v) is 6.34. The molecule has 7 heteroatoms. The van der Waals surface area contributed by atoms with Gasteiger partial charge < -0.3 is 5.73 Å². The number of carbonyl (C=O) groups excluding carboxylic acids is 1. The first-order valence-corrected chi connectivity index (χ1v) is 7.44. The van der Waals surface area contributed by atoms with E-state index in [1.54, 1.807) is 0 Å². The standard InChI is InChI=1S/C12H15FN2O3S/c13-9-5-1-2-6-10(9)19(17,18)15-12(11(14)16)7-3-4-8-12/h1-2,5-6,15H,3-4,7-8H2,(H2,14,16). The van der Waals surface area contributed by atoms with Crippen LogP contribution in [0, 0.1) is 5.82 Å². The van der Waals surface area contributed by atoms with E-state index in [1.807, 2.05) is 0 Å². The molecule has 2 rings (SSSR count). The summed E-state index contributed by atoms with van der Waals surface area (Å²) in [6, 6.07) is 5.03. The van der Waals surface area contributed by atoms with Crippen LogP contribution in [-0.4, -0.2) is 19.9 Å². The van der Waals surface area contributed by atoms with Gasteiger partial charge in [0, 0.05) is 0 Å². The zero-order chi connectivity index (χ0) is 14.1. The largest absolute Gasteiger partial charge is 0.368 e. The van der Waals surface area contributed by atoms with Gasteiger partial charge in [0.2, 0.25) is 15.9 Å². The molecule has 1 aromatic rings. The van der Waals surface area contributed by atoms with E-state index in [0.29, 0.717) is 25.7 Å². The van der Waals surface area contributed by atoms with Gasteiger partial charge in [-0.2, -0.15) is 4.72 Å². The van der Waals surface area contributed by atoms with Gasteiger partial charge in [-0.1, -0.05) is 25.0 Å². The predicted octanol–water partition coefficient (Wildman–Crippen LogP) is 0.902. The highest BCUT2D eigenvalue weighted by Gasteiger charge is 2.43. The normalized spacial score (nSPS) is 18.4. The van der Waals surface area contributed by atoms with E-state index >= 15 is 0 Å². The maximum Gasteiger partial charge on any atom is 0.244 e.